The van der Waals surface area contributed by atoms with Gasteiger partial charge in [0, 0.05) is 13.6 Å². The number of nitrogens with zero attached hydrogens (tertiary/aromatic N) is 5. The monoisotopic (exact) mass is 295 g/mol. The molecular weight excluding hydrogens is 274 g/mol. The molecule has 1 heterocycles. The molecular formula is C17H21N5. The molecule has 5 heteroatoms. The molecule has 2 aromatic rings. The first-order valence-corrected chi connectivity index (χ1v) is 7.45. The van der Waals surface area contributed by atoms with Gasteiger partial charge in [-0.2, -0.15) is 10.4 Å². The fraction of sp³-hybridized carbons (Fsp3) is 0.353. The Labute approximate surface area is 131 Å². The molecule has 0 saturated carbocycles. The van der Waals surface area contributed by atoms with Crippen LogP contribution in [0.1, 0.15) is 30.9 Å². The molecule has 2 rings (SSSR count). The summed E-state index contributed by atoms with van der Waals surface area (Å²) in [4.78, 5) is 6.49. The van der Waals surface area contributed by atoms with Crippen molar-refractivity contribution in [2.45, 2.75) is 26.7 Å². The van der Waals surface area contributed by atoms with E-state index in [1.165, 1.54) is 5.56 Å². The molecule has 5 nitrogen and oxygen atoms in total. The minimum absolute atomic E-state index is 0.473. The van der Waals surface area contributed by atoms with Crippen LogP contribution in [0.2, 0.25) is 0 Å². The second-order valence-corrected chi connectivity index (χ2v) is 5.32. The van der Waals surface area contributed by atoms with Gasteiger partial charge in [0.25, 0.3) is 0 Å². The van der Waals surface area contributed by atoms with E-state index in [0.717, 1.165) is 25.1 Å². The molecule has 0 atom stereocenters. The van der Waals surface area contributed by atoms with Gasteiger partial charge in [-0.1, -0.05) is 31.0 Å². The number of rotatable bonds is 6. The van der Waals surface area contributed by atoms with Crippen molar-refractivity contribution in [1.82, 2.24) is 14.7 Å². The van der Waals surface area contributed by atoms with Crippen LogP contribution in [0.15, 0.2) is 35.5 Å². The average molecular weight is 295 g/mol. The van der Waals surface area contributed by atoms with Gasteiger partial charge in [-0.05, 0) is 25.5 Å². The number of aromatic nitrogens is 2. The molecule has 0 aliphatic heterocycles. The van der Waals surface area contributed by atoms with Gasteiger partial charge in [-0.25, -0.2) is 9.67 Å². The van der Waals surface area contributed by atoms with Crippen LogP contribution in [-0.4, -0.2) is 34.6 Å². The largest absolute Gasteiger partial charge is 0.366 e. The number of benzene rings is 1. The van der Waals surface area contributed by atoms with Gasteiger partial charge in [0.05, 0.1) is 18.2 Å². The molecule has 0 spiro atoms. The summed E-state index contributed by atoms with van der Waals surface area (Å²) in [5, 5.41) is 13.5. The van der Waals surface area contributed by atoms with Crippen LogP contribution in [0.4, 0.5) is 5.82 Å². The number of aryl methyl sites for hydroxylation is 1. The second kappa shape index (κ2) is 7.41. The summed E-state index contributed by atoms with van der Waals surface area (Å²) in [7, 11) is 1.98. The molecule has 0 amide bonds. The predicted octanol–water partition coefficient (Wildman–Crippen LogP) is 3.44. The summed E-state index contributed by atoms with van der Waals surface area (Å²) in [5.74, 6) is 0.565. The van der Waals surface area contributed by atoms with E-state index >= 15 is 0 Å². The predicted molar refractivity (Wildman–Crippen MR) is 88.7 cm³/mol. The molecule has 0 unspecified atom stereocenters. The van der Waals surface area contributed by atoms with Crippen LogP contribution in [0.25, 0.3) is 5.69 Å². The third-order valence-electron chi connectivity index (χ3n) is 3.38. The Hall–Kier alpha value is -2.61. The zero-order chi connectivity index (χ0) is 15.9. The van der Waals surface area contributed by atoms with Crippen LogP contribution in [-0.2, 0) is 0 Å². The molecule has 0 bridgehead atoms. The van der Waals surface area contributed by atoms with Crippen molar-refractivity contribution in [3.8, 4) is 11.8 Å². The fourth-order valence-electron chi connectivity index (χ4n) is 2.04. The maximum Gasteiger partial charge on any atom is 0.175 e. The van der Waals surface area contributed by atoms with Crippen molar-refractivity contribution >= 4 is 12.2 Å². The minimum atomic E-state index is 0.473. The summed E-state index contributed by atoms with van der Waals surface area (Å²) in [6.45, 7) is 5.14. The first kappa shape index (κ1) is 15.8. The molecule has 0 saturated heterocycles. The third-order valence-corrected chi connectivity index (χ3v) is 3.38. The molecule has 22 heavy (non-hydrogen) atoms. The van der Waals surface area contributed by atoms with E-state index in [9.17, 15) is 5.26 Å². The summed E-state index contributed by atoms with van der Waals surface area (Å²) in [6.07, 6.45) is 5.57. The summed E-state index contributed by atoms with van der Waals surface area (Å²) in [6, 6.07) is 10.1. The number of hydrogen-bond acceptors (Lipinski definition) is 3. The first-order valence-electron chi connectivity index (χ1n) is 7.45. The minimum Gasteiger partial charge on any atom is -0.366 e. The lowest BCUT2D eigenvalue weighted by Gasteiger charge is -2.12. The van der Waals surface area contributed by atoms with Crippen molar-refractivity contribution in [2.24, 2.45) is 4.99 Å². The maximum atomic E-state index is 9.24. The molecule has 0 aliphatic carbocycles. The van der Waals surface area contributed by atoms with Crippen molar-refractivity contribution in [3.63, 3.8) is 0 Å². The van der Waals surface area contributed by atoms with E-state index in [-0.39, 0.29) is 0 Å². The van der Waals surface area contributed by atoms with Gasteiger partial charge in [0.2, 0.25) is 0 Å². The van der Waals surface area contributed by atoms with Crippen LogP contribution < -0.4 is 0 Å². The Balaban J connectivity index is 2.30. The normalized spacial score (nSPS) is 10.8. The highest BCUT2D eigenvalue weighted by molar-refractivity contribution is 5.64. The number of nitriles is 1. The van der Waals surface area contributed by atoms with Crippen molar-refractivity contribution in [3.05, 3.63) is 41.6 Å². The van der Waals surface area contributed by atoms with Gasteiger partial charge in [0.1, 0.15) is 11.6 Å². The van der Waals surface area contributed by atoms with Crippen LogP contribution in [0.3, 0.4) is 0 Å². The van der Waals surface area contributed by atoms with E-state index in [2.05, 4.69) is 23.1 Å². The number of unbranched alkanes of at least 4 members (excludes halogenated alkanes) is 1. The average Bonchev–Trinajstić information content (AvgIpc) is 2.94. The van der Waals surface area contributed by atoms with Crippen molar-refractivity contribution in [1.29, 1.82) is 5.26 Å². The molecule has 114 valence electrons. The van der Waals surface area contributed by atoms with Gasteiger partial charge in [0.15, 0.2) is 5.82 Å². The van der Waals surface area contributed by atoms with Gasteiger partial charge in [-0.15, -0.1) is 0 Å². The fourth-order valence-corrected chi connectivity index (χ4v) is 2.04. The van der Waals surface area contributed by atoms with E-state index in [1.807, 2.05) is 43.1 Å². The van der Waals surface area contributed by atoms with Crippen molar-refractivity contribution < 1.29 is 0 Å². The lowest BCUT2D eigenvalue weighted by molar-refractivity contribution is 0.497. The van der Waals surface area contributed by atoms with Crippen molar-refractivity contribution in [2.75, 3.05) is 13.6 Å². The number of aliphatic imine (C=N–C) groups is 1. The van der Waals surface area contributed by atoms with E-state index < -0.39 is 0 Å². The van der Waals surface area contributed by atoms with Gasteiger partial charge < -0.3 is 4.90 Å². The number of hydrogen-bond donors (Lipinski definition) is 0. The summed E-state index contributed by atoms with van der Waals surface area (Å²) < 4.78 is 1.70. The Bertz CT molecular complexity index is 676. The van der Waals surface area contributed by atoms with E-state index in [4.69, 9.17) is 0 Å². The van der Waals surface area contributed by atoms with Gasteiger partial charge >= 0.3 is 0 Å². The first-order chi connectivity index (χ1) is 10.7. The lowest BCUT2D eigenvalue weighted by atomic mass is 10.2. The zero-order valence-corrected chi connectivity index (χ0v) is 13.3. The van der Waals surface area contributed by atoms with E-state index in [0.29, 0.717) is 11.4 Å². The Morgan fingerprint density at radius 2 is 2.09 bits per heavy atom. The molecule has 0 fully saturated rings. The Morgan fingerprint density at radius 3 is 2.73 bits per heavy atom. The Morgan fingerprint density at radius 1 is 1.36 bits per heavy atom. The van der Waals surface area contributed by atoms with Crippen LogP contribution in [0, 0.1) is 18.3 Å². The van der Waals surface area contributed by atoms with Gasteiger partial charge in [-0.3, -0.25) is 0 Å². The SMILES string of the molecule is CCCCN(C)/C=N\c1c(C#N)cnn1-c1ccc(C)cc1. The lowest BCUT2D eigenvalue weighted by Crippen LogP contribution is -2.17. The Kier molecular flexibility index (Phi) is 5.31. The summed E-state index contributed by atoms with van der Waals surface area (Å²) in [5.41, 5.74) is 2.55. The maximum absolute atomic E-state index is 9.24. The second-order valence-electron chi connectivity index (χ2n) is 5.32. The highest BCUT2D eigenvalue weighted by Crippen LogP contribution is 2.22. The van der Waals surface area contributed by atoms with Crippen LogP contribution in [0.5, 0.6) is 0 Å². The standard InChI is InChI=1S/C17H21N5/c1-4-5-10-21(3)13-19-17-15(11-18)12-20-22(17)16-8-6-14(2)7-9-16/h6-9,12-13H,4-5,10H2,1-3H3/b19-13-. The molecule has 0 radical (unpaired) electrons. The third kappa shape index (κ3) is 3.73. The quantitative estimate of drug-likeness (QED) is 0.606. The van der Waals surface area contributed by atoms with Crippen LogP contribution >= 0.6 is 0 Å². The highest BCUT2D eigenvalue weighted by atomic mass is 15.3. The highest BCUT2D eigenvalue weighted by Gasteiger charge is 2.11. The molecule has 1 aromatic carbocycles. The molecule has 0 aliphatic rings. The topological polar surface area (TPSA) is 57.2 Å². The molecule has 1 aromatic heterocycles. The molecule has 0 N–H and O–H groups in total. The summed E-state index contributed by atoms with van der Waals surface area (Å²) >= 11 is 0. The zero-order valence-electron chi connectivity index (χ0n) is 13.3. The van der Waals surface area contributed by atoms with E-state index in [1.54, 1.807) is 17.2 Å². The smallest absolute Gasteiger partial charge is 0.175 e.